The summed E-state index contributed by atoms with van der Waals surface area (Å²) in [5, 5.41) is 8.97. The van der Waals surface area contributed by atoms with Crippen molar-refractivity contribution in [2.45, 2.75) is 31.3 Å². The van der Waals surface area contributed by atoms with E-state index in [0.717, 1.165) is 5.56 Å². The summed E-state index contributed by atoms with van der Waals surface area (Å²) < 4.78 is 26.8. The van der Waals surface area contributed by atoms with Crippen LogP contribution >= 0.6 is 0 Å². The topological polar surface area (TPSA) is 66.7 Å². The van der Waals surface area contributed by atoms with E-state index in [9.17, 15) is 8.42 Å². The summed E-state index contributed by atoms with van der Waals surface area (Å²) in [6, 6.07) is 6.48. The minimum absolute atomic E-state index is 0.167. The van der Waals surface area contributed by atoms with E-state index in [1.54, 1.807) is 19.1 Å². The van der Waals surface area contributed by atoms with E-state index >= 15 is 0 Å². The first-order valence-corrected chi connectivity index (χ1v) is 6.39. The average molecular weight is 241 g/mol. The van der Waals surface area contributed by atoms with Crippen LogP contribution in [0.25, 0.3) is 0 Å². The lowest BCUT2D eigenvalue weighted by Gasteiger charge is -2.00. The van der Waals surface area contributed by atoms with E-state index in [1.807, 2.05) is 6.92 Å². The predicted molar refractivity (Wildman–Crippen MR) is 63.2 cm³/mol. The molecule has 1 N–H and O–H groups in total. The van der Waals surface area contributed by atoms with E-state index in [-0.39, 0.29) is 11.3 Å². The Labute approximate surface area is 95.7 Å². The van der Waals surface area contributed by atoms with E-state index in [0.29, 0.717) is 0 Å². The Morgan fingerprint density at radius 1 is 1.38 bits per heavy atom. The van der Waals surface area contributed by atoms with Crippen LogP contribution in [0.1, 0.15) is 18.9 Å². The number of hydrogen-bond donors (Lipinski definition) is 1. The summed E-state index contributed by atoms with van der Waals surface area (Å²) in [6.07, 6.45) is 0.863. The zero-order valence-electron chi connectivity index (χ0n) is 9.29. The lowest BCUT2D eigenvalue weighted by Crippen LogP contribution is -2.02. The van der Waals surface area contributed by atoms with E-state index in [2.05, 4.69) is 4.40 Å². The molecule has 1 aromatic carbocycles. The van der Waals surface area contributed by atoms with Gasteiger partial charge in [0.2, 0.25) is 0 Å². The highest BCUT2D eigenvalue weighted by Crippen LogP contribution is 2.12. The summed E-state index contributed by atoms with van der Waals surface area (Å²) in [6.45, 7) is 3.46. The standard InChI is InChI=1S/C11H15NO3S/c1-9-3-5-11(6-4-9)16(14,15)12-8-7-10(2)13/h3-6,8,10,13H,7H2,1-2H3/b12-8+/t10-/m1/s1. The third-order valence-corrected chi connectivity index (χ3v) is 3.27. The fraction of sp³-hybridized carbons (Fsp3) is 0.364. The van der Waals surface area contributed by atoms with Crippen molar-refractivity contribution >= 4 is 16.2 Å². The minimum Gasteiger partial charge on any atom is -0.393 e. The molecule has 0 aromatic heterocycles. The van der Waals surface area contributed by atoms with Crippen LogP contribution in [-0.2, 0) is 10.0 Å². The first-order valence-electron chi connectivity index (χ1n) is 4.95. The quantitative estimate of drug-likeness (QED) is 0.813. The second-order valence-electron chi connectivity index (χ2n) is 3.66. The molecule has 1 rings (SSSR count). The molecule has 0 saturated heterocycles. The predicted octanol–water partition coefficient (Wildman–Crippen LogP) is 1.53. The number of nitrogens with zero attached hydrogens (tertiary/aromatic N) is 1. The van der Waals surface area contributed by atoms with Crippen LogP contribution in [0.5, 0.6) is 0 Å². The average Bonchev–Trinajstić information content (AvgIpc) is 2.17. The molecule has 88 valence electrons. The molecule has 0 aliphatic carbocycles. The van der Waals surface area contributed by atoms with Gasteiger partial charge in [0.1, 0.15) is 0 Å². The molecule has 1 aromatic rings. The molecule has 5 heteroatoms. The van der Waals surface area contributed by atoms with Gasteiger partial charge >= 0.3 is 0 Å². The maximum absolute atomic E-state index is 11.6. The smallest absolute Gasteiger partial charge is 0.281 e. The molecular weight excluding hydrogens is 226 g/mol. The molecule has 0 fully saturated rings. The monoisotopic (exact) mass is 241 g/mol. The van der Waals surface area contributed by atoms with Crippen molar-refractivity contribution in [2.24, 2.45) is 4.40 Å². The van der Waals surface area contributed by atoms with Gasteiger partial charge < -0.3 is 5.11 Å². The van der Waals surface area contributed by atoms with E-state index in [1.165, 1.54) is 18.3 Å². The van der Waals surface area contributed by atoms with Gasteiger partial charge in [-0.3, -0.25) is 0 Å². The SMILES string of the molecule is Cc1ccc(S(=O)(=O)/N=C/C[C@@H](C)O)cc1. The summed E-state index contributed by atoms with van der Waals surface area (Å²) >= 11 is 0. The fourth-order valence-electron chi connectivity index (χ4n) is 1.06. The van der Waals surface area contributed by atoms with Gasteiger partial charge in [-0.15, -0.1) is 0 Å². The molecule has 0 aliphatic heterocycles. The van der Waals surface area contributed by atoms with Crippen molar-refractivity contribution in [2.75, 3.05) is 0 Å². The van der Waals surface area contributed by atoms with Crippen molar-refractivity contribution in [3.05, 3.63) is 29.8 Å². The second-order valence-corrected chi connectivity index (χ2v) is 5.29. The molecule has 16 heavy (non-hydrogen) atoms. The van der Waals surface area contributed by atoms with Crippen molar-refractivity contribution in [1.82, 2.24) is 0 Å². The molecule has 0 spiro atoms. The number of aliphatic hydroxyl groups excluding tert-OH is 1. The Morgan fingerprint density at radius 2 is 1.94 bits per heavy atom. The lowest BCUT2D eigenvalue weighted by molar-refractivity contribution is 0.204. The normalized spacial score (nSPS) is 14.2. The molecule has 4 nitrogen and oxygen atoms in total. The van der Waals surface area contributed by atoms with Crippen molar-refractivity contribution in [3.63, 3.8) is 0 Å². The van der Waals surface area contributed by atoms with Crippen LogP contribution in [0.3, 0.4) is 0 Å². The van der Waals surface area contributed by atoms with Crippen LogP contribution in [0.15, 0.2) is 33.6 Å². The van der Waals surface area contributed by atoms with Gasteiger partial charge in [-0.2, -0.15) is 12.8 Å². The molecule has 0 unspecified atom stereocenters. The summed E-state index contributed by atoms with van der Waals surface area (Å²) in [5.41, 5.74) is 0.993. The van der Waals surface area contributed by atoms with Crippen LogP contribution in [0, 0.1) is 6.92 Å². The Bertz CT molecular complexity index is 461. The van der Waals surface area contributed by atoms with Crippen LogP contribution in [-0.4, -0.2) is 25.8 Å². The first kappa shape index (κ1) is 12.9. The molecule has 0 bridgehead atoms. The molecule has 1 atom stereocenters. The van der Waals surface area contributed by atoms with Gasteiger partial charge in [-0.05, 0) is 26.0 Å². The Balaban J connectivity index is 2.86. The van der Waals surface area contributed by atoms with E-state index in [4.69, 9.17) is 5.11 Å². The third kappa shape index (κ3) is 3.75. The number of aryl methyl sites for hydroxylation is 1. The third-order valence-electron chi connectivity index (χ3n) is 1.98. The summed E-state index contributed by atoms with van der Waals surface area (Å²) in [4.78, 5) is 0.167. The zero-order chi connectivity index (χ0) is 12.2. The van der Waals surface area contributed by atoms with Gasteiger partial charge in [-0.1, -0.05) is 17.7 Å². The van der Waals surface area contributed by atoms with Crippen molar-refractivity contribution in [3.8, 4) is 0 Å². The highest BCUT2D eigenvalue weighted by molar-refractivity contribution is 7.90. The van der Waals surface area contributed by atoms with Crippen LogP contribution in [0.4, 0.5) is 0 Å². The molecule has 0 radical (unpaired) electrons. The zero-order valence-corrected chi connectivity index (χ0v) is 10.1. The number of benzene rings is 1. The van der Waals surface area contributed by atoms with Crippen LogP contribution < -0.4 is 0 Å². The number of hydrogen-bond acceptors (Lipinski definition) is 3. The highest BCUT2D eigenvalue weighted by atomic mass is 32.2. The van der Waals surface area contributed by atoms with Crippen molar-refractivity contribution < 1.29 is 13.5 Å². The maximum atomic E-state index is 11.6. The first-order chi connectivity index (χ1) is 7.42. The van der Waals surface area contributed by atoms with Crippen molar-refractivity contribution in [1.29, 1.82) is 0 Å². The molecule has 0 heterocycles. The van der Waals surface area contributed by atoms with Gasteiger partial charge in [0, 0.05) is 12.6 Å². The molecule has 0 saturated carbocycles. The maximum Gasteiger partial charge on any atom is 0.281 e. The number of sulfonamides is 1. The Hall–Kier alpha value is -1.20. The largest absolute Gasteiger partial charge is 0.393 e. The minimum atomic E-state index is -3.61. The number of rotatable bonds is 4. The van der Waals surface area contributed by atoms with Gasteiger partial charge in [-0.25, -0.2) is 0 Å². The fourth-order valence-corrected chi connectivity index (χ4v) is 1.95. The Kier molecular flexibility index (Phi) is 4.20. The lowest BCUT2D eigenvalue weighted by atomic mass is 10.2. The van der Waals surface area contributed by atoms with Crippen LogP contribution in [0.2, 0.25) is 0 Å². The summed E-state index contributed by atoms with van der Waals surface area (Å²) in [7, 11) is -3.61. The Morgan fingerprint density at radius 3 is 2.44 bits per heavy atom. The number of aliphatic hydroxyl groups is 1. The second kappa shape index (κ2) is 5.23. The molecule has 0 aliphatic rings. The molecule has 0 amide bonds. The van der Waals surface area contributed by atoms with E-state index < -0.39 is 16.1 Å². The van der Waals surface area contributed by atoms with Gasteiger partial charge in [0.05, 0.1) is 11.0 Å². The molecular formula is C11H15NO3S. The summed E-state index contributed by atoms with van der Waals surface area (Å²) in [5.74, 6) is 0. The van der Waals surface area contributed by atoms with Gasteiger partial charge in [0.15, 0.2) is 0 Å². The van der Waals surface area contributed by atoms with Gasteiger partial charge in [0.25, 0.3) is 10.0 Å². The highest BCUT2D eigenvalue weighted by Gasteiger charge is 2.10.